The zero-order chi connectivity index (χ0) is 11.4. The van der Waals surface area contributed by atoms with Gasteiger partial charge in [0.25, 0.3) is 0 Å². The van der Waals surface area contributed by atoms with E-state index >= 15 is 0 Å². The molecule has 0 spiro atoms. The zero-order valence-electron chi connectivity index (χ0n) is 7.88. The van der Waals surface area contributed by atoms with E-state index in [1.807, 2.05) is 6.07 Å². The van der Waals surface area contributed by atoms with Crippen LogP contribution in [0.15, 0.2) is 16.6 Å². The van der Waals surface area contributed by atoms with Crippen LogP contribution in [-0.2, 0) is 11.2 Å². The summed E-state index contributed by atoms with van der Waals surface area (Å²) in [7, 11) is 1.27. The van der Waals surface area contributed by atoms with Gasteiger partial charge in [-0.3, -0.25) is 0 Å². The van der Waals surface area contributed by atoms with Crippen molar-refractivity contribution in [1.82, 2.24) is 0 Å². The SMILES string of the molecule is COC(=O)c1c(Cl)cc(Br)cc1CC#N. The molecule has 15 heavy (non-hydrogen) atoms. The third kappa shape index (κ3) is 2.71. The highest BCUT2D eigenvalue weighted by atomic mass is 79.9. The molecule has 0 unspecified atom stereocenters. The Morgan fingerprint density at radius 3 is 2.87 bits per heavy atom. The van der Waals surface area contributed by atoms with Crippen LogP contribution in [0.25, 0.3) is 0 Å². The first-order chi connectivity index (χ1) is 7.10. The predicted octanol–water partition coefficient (Wildman–Crippen LogP) is 2.96. The Kier molecular flexibility index (Phi) is 4.13. The van der Waals surface area contributed by atoms with E-state index < -0.39 is 5.97 Å². The summed E-state index contributed by atoms with van der Waals surface area (Å²) in [5.74, 6) is -0.530. The summed E-state index contributed by atoms with van der Waals surface area (Å²) in [4.78, 5) is 11.4. The molecular formula is C10H7BrClNO2. The molecule has 5 heteroatoms. The number of halogens is 2. The molecule has 0 amide bonds. The topological polar surface area (TPSA) is 50.1 Å². The van der Waals surface area contributed by atoms with Gasteiger partial charge in [0.1, 0.15) is 0 Å². The van der Waals surface area contributed by atoms with E-state index in [-0.39, 0.29) is 17.0 Å². The number of benzene rings is 1. The smallest absolute Gasteiger partial charge is 0.339 e. The Hall–Kier alpha value is -1.05. The van der Waals surface area contributed by atoms with Crippen molar-refractivity contribution in [3.05, 3.63) is 32.8 Å². The molecule has 78 valence electrons. The van der Waals surface area contributed by atoms with Crippen LogP contribution in [0.4, 0.5) is 0 Å². The third-order valence-electron chi connectivity index (χ3n) is 1.80. The Balaban J connectivity index is 3.34. The van der Waals surface area contributed by atoms with E-state index in [0.717, 1.165) is 4.47 Å². The Labute approximate surface area is 101 Å². The average molecular weight is 289 g/mol. The number of ether oxygens (including phenoxy) is 1. The first-order valence-electron chi connectivity index (χ1n) is 4.03. The lowest BCUT2D eigenvalue weighted by Gasteiger charge is -2.07. The minimum Gasteiger partial charge on any atom is -0.465 e. The summed E-state index contributed by atoms with van der Waals surface area (Å²) < 4.78 is 5.32. The average Bonchev–Trinajstić information content (AvgIpc) is 2.16. The van der Waals surface area contributed by atoms with Crippen molar-refractivity contribution in [3.63, 3.8) is 0 Å². The Morgan fingerprint density at radius 2 is 2.33 bits per heavy atom. The molecule has 0 bridgehead atoms. The molecule has 1 rings (SSSR count). The monoisotopic (exact) mass is 287 g/mol. The maximum atomic E-state index is 11.4. The van der Waals surface area contributed by atoms with Gasteiger partial charge in [-0.25, -0.2) is 4.79 Å². The fourth-order valence-corrected chi connectivity index (χ4v) is 2.14. The molecule has 0 aromatic heterocycles. The van der Waals surface area contributed by atoms with Crippen LogP contribution in [-0.4, -0.2) is 13.1 Å². The van der Waals surface area contributed by atoms with Crippen molar-refractivity contribution < 1.29 is 9.53 Å². The van der Waals surface area contributed by atoms with Gasteiger partial charge in [0.2, 0.25) is 0 Å². The normalized spacial score (nSPS) is 9.47. The molecule has 0 atom stereocenters. The predicted molar refractivity (Wildman–Crippen MR) is 59.8 cm³/mol. The second-order valence-corrected chi connectivity index (χ2v) is 4.07. The van der Waals surface area contributed by atoms with Crippen LogP contribution in [0.1, 0.15) is 15.9 Å². The lowest BCUT2D eigenvalue weighted by molar-refractivity contribution is 0.0600. The molecule has 0 fully saturated rings. The number of methoxy groups -OCH3 is 1. The van der Waals surface area contributed by atoms with E-state index in [9.17, 15) is 4.79 Å². The molecule has 0 N–H and O–H groups in total. The molecule has 0 saturated carbocycles. The molecule has 0 aliphatic carbocycles. The van der Waals surface area contributed by atoms with Crippen LogP contribution >= 0.6 is 27.5 Å². The van der Waals surface area contributed by atoms with Gasteiger partial charge in [-0.2, -0.15) is 5.26 Å². The molecule has 3 nitrogen and oxygen atoms in total. The minimum absolute atomic E-state index is 0.115. The number of carbonyl (C=O) groups is 1. The second-order valence-electron chi connectivity index (χ2n) is 2.75. The van der Waals surface area contributed by atoms with Crippen molar-refractivity contribution in [1.29, 1.82) is 5.26 Å². The van der Waals surface area contributed by atoms with Crippen LogP contribution in [0.2, 0.25) is 5.02 Å². The van der Waals surface area contributed by atoms with Gasteiger partial charge in [-0.15, -0.1) is 0 Å². The maximum absolute atomic E-state index is 11.4. The molecule has 0 aliphatic rings. The molecule has 0 radical (unpaired) electrons. The fraction of sp³-hybridized carbons (Fsp3) is 0.200. The number of nitriles is 1. The van der Waals surface area contributed by atoms with Crippen molar-refractivity contribution in [3.8, 4) is 6.07 Å². The van der Waals surface area contributed by atoms with Crippen LogP contribution in [0.3, 0.4) is 0 Å². The lowest BCUT2D eigenvalue weighted by Crippen LogP contribution is -2.06. The summed E-state index contributed by atoms with van der Waals surface area (Å²) >= 11 is 9.15. The molecular weight excluding hydrogens is 281 g/mol. The Bertz CT molecular complexity index is 440. The van der Waals surface area contributed by atoms with E-state index in [4.69, 9.17) is 16.9 Å². The first kappa shape index (κ1) is 12.0. The van der Waals surface area contributed by atoms with Crippen molar-refractivity contribution in [2.24, 2.45) is 0 Å². The quantitative estimate of drug-likeness (QED) is 0.786. The number of carbonyl (C=O) groups excluding carboxylic acids is 1. The van der Waals surface area contributed by atoms with Crippen molar-refractivity contribution in [2.75, 3.05) is 7.11 Å². The lowest BCUT2D eigenvalue weighted by atomic mass is 10.1. The van der Waals surface area contributed by atoms with E-state index in [1.54, 1.807) is 12.1 Å². The summed E-state index contributed by atoms with van der Waals surface area (Å²) in [5.41, 5.74) is 0.813. The molecule has 0 heterocycles. The highest BCUT2D eigenvalue weighted by Gasteiger charge is 2.16. The van der Waals surface area contributed by atoms with Crippen molar-refractivity contribution >= 4 is 33.5 Å². The molecule has 1 aromatic rings. The summed E-state index contributed by atoms with van der Waals surface area (Å²) in [6.07, 6.45) is 0.115. The summed E-state index contributed by atoms with van der Waals surface area (Å²) in [5, 5.41) is 8.90. The number of hydrogen-bond donors (Lipinski definition) is 0. The van der Waals surface area contributed by atoms with E-state index in [0.29, 0.717) is 5.56 Å². The standard InChI is InChI=1S/C10H7BrClNO2/c1-15-10(14)9-6(2-3-13)4-7(11)5-8(9)12/h4-5H,2H2,1H3. The van der Waals surface area contributed by atoms with Gasteiger partial charge >= 0.3 is 5.97 Å². The molecule has 1 aromatic carbocycles. The van der Waals surface area contributed by atoms with Gasteiger partial charge in [0, 0.05) is 4.47 Å². The van der Waals surface area contributed by atoms with Crippen LogP contribution < -0.4 is 0 Å². The van der Waals surface area contributed by atoms with Gasteiger partial charge in [0.15, 0.2) is 0 Å². The fourth-order valence-electron chi connectivity index (χ4n) is 1.18. The molecule has 0 saturated heterocycles. The zero-order valence-corrected chi connectivity index (χ0v) is 10.2. The number of hydrogen-bond acceptors (Lipinski definition) is 3. The highest BCUT2D eigenvalue weighted by molar-refractivity contribution is 9.10. The number of nitrogens with zero attached hydrogens (tertiary/aromatic N) is 1. The van der Waals surface area contributed by atoms with E-state index in [1.165, 1.54) is 7.11 Å². The van der Waals surface area contributed by atoms with Gasteiger partial charge in [-0.05, 0) is 17.7 Å². The largest absolute Gasteiger partial charge is 0.465 e. The van der Waals surface area contributed by atoms with Crippen LogP contribution in [0.5, 0.6) is 0 Å². The van der Waals surface area contributed by atoms with Crippen LogP contribution in [0, 0.1) is 11.3 Å². The molecule has 0 aliphatic heterocycles. The highest BCUT2D eigenvalue weighted by Crippen LogP contribution is 2.26. The minimum atomic E-state index is -0.530. The summed E-state index contributed by atoms with van der Waals surface area (Å²) in [6.45, 7) is 0. The van der Waals surface area contributed by atoms with Crippen molar-refractivity contribution in [2.45, 2.75) is 6.42 Å². The number of esters is 1. The first-order valence-corrected chi connectivity index (χ1v) is 5.20. The van der Waals surface area contributed by atoms with Gasteiger partial charge < -0.3 is 4.74 Å². The number of rotatable bonds is 2. The summed E-state index contributed by atoms with van der Waals surface area (Å²) in [6, 6.07) is 5.24. The maximum Gasteiger partial charge on any atom is 0.339 e. The van der Waals surface area contributed by atoms with Gasteiger partial charge in [0.05, 0.1) is 30.2 Å². The van der Waals surface area contributed by atoms with E-state index in [2.05, 4.69) is 20.7 Å². The van der Waals surface area contributed by atoms with Gasteiger partial charge in [-0.1, -0.05) is 27.5 Å². The third-order valence-corrected chi connectivity index (χ3v) is 2.55. The second kappa shape index (κ2) is 5.15. The Morgan fingerprint density at radius 1 is 1.67 bits per heavy atom.